The zero-order valence-electron chi connectivity index (χ0n) is 14.9. The Hall–Kier alpha value is -2.73. The van der Waals surface area contributed by atoms with Crippen molar-refractivity contribution in [1.29, 1.82) is 0 Å². The molecule has 0 unspecified atom stereocenters. The third-order valence-electron chi connectivity index (χ3n) is 4.21. The topological polar surface area (TPSA) is 49.4 Å². The molecule has 0 spiro atoms. The minimum Gasteiger partial charge on any atom is -0.350 e. The second kappa shape index (κ2) is 8.33. The molecule has 1 aliphatic rings. The number of rotatable bonds is 5. The van der Waals surface area contributed by atoms with Gasteiger partial charge in [-0.1, -0.05) is 65.3 Å². The molecule has 3 aromatic carbocycles. The summed E-state index contributed by atoms with van der Waals surface area (Å²) in [5, 5.41) is 4.02. The molecule has 1 N–H and O–H groups in total. The van der Waals surface area contributed by atoms with Gasteiger partial charge in [0.1, 0.15) is 10.6 Å². The van der Waals surface area contributed by atoms with Crippen LogP contribution in [0.25, 0.3) is 0 Å². The second-order valence-electron chi connectivity index (χ2n) is 6.15. The summed E-state index contributed by atoms with van der Waals surface area (Å²) in [6, 6.07) is 23.1. The van der Waals surface area contributed by atoms with Crippen LogP contribution in [-0.4, -0.2) is 11.8 Å². The molecular formula is C22H14Cl2N2O2S. The Bertz CT molecular complexity index is 1120. The molecule has 0 fully saturated rings. The SMILES string of the molecule is O=C1C(Nc2ccccc2)=C(Sc2ccc(Cl)cc2)C(=O)N1c1ccccc1Cl. The summed E-state index contributed by atoms with van der Waals surface area (Å²) in [5.74, 6) is -0.884. The number of hydrogen-bond donors (Lipinski definition) is 1. The van der Waals surface area contributed by atoms with Gasteiger partial charge in [-0.3, -0.25) is 9.59 Å². The number of anilines is 2. The Balaban J connectivity index is 1.76. The van der Waals surface area contributed by atoms with Gasteiger partial charge in [0.15, 0.2) is 0 Å². The summed E-state index contributed by atoms with van der Waals surface area (Å²) in [7, 11) is 0. The quantitative estimate of drug-likeness (QED) is 0.495. The lowest BCUT2D eigenvalue weighted by molar-refractivity contribution is -0.120. The van der Waals surface area contributed by atoms with Crippen LogP contribution in [0, 0.1) is 0 Å². The van der Waals surface area contributed by atoms with Gasteiger partial charge in [-0.25, -0.2) is 4.90 Å². The van der Waals surface area contributed by atoms with Crippen LogP contribution in [0.15, 0.2) is 94.4 Å². The molecule has 0 atom stereocenters. The fourth-order valence-corrected chi connectivity index (χ4v) is 4.13. The largest absolute Gasteiger partial charge is 0.350 e. The fourth-order valence-electron chi connectivity index (χ4n) is 2.85. The third-order valence-corrected chi connectivity index (χ3v) is 5.87. The minimum atomic E-state index is -0.455. The maximum Gasteiger partial charge on any atom is 0.283 e. The lowest BCUT2D eigenvalue weighted by atomic mass is 10.3. The molecule has 3 aromatic rings. The molecule has 1 aliphatic heterocycles. The van der Waals surface area contributed by atoms with Crippen molar-refractivity contribution in [3.63, 3.8) is 0 Å². The van der Waals surface area contributed by atoms with E-state index in [0.29, 0.717) is 26.3 Å². The molecule has 0 aliphatic carbocycles. The number of nitrogens with one attached hydrogen (secondary N) is 1. The molecule has 0 saturated heterocycles. The van der Waals surface area contributed by atoms with E-state index in [9.17, 15) is 9.59 Å². The summed E-state index contributed by atoms with van der Waals surface area (Å²) >= 11 is 13.4. The number of para-hydroxylation sites is 2. The van der Waals surface area contributed by atoms with Crippen molar-refractivity contribution in [2.45, 2.75) is 4.90 Å². The zero-order chi connectivity index (χ0) is 20.4. The van der Waals surface area contributed by atoms with E-state index in [1.54, 1.807) is 48.5 Å². The Morgan fingerprint density at radius 1 is 0.759 bits per heavy atom. The molecule has 2 amide bonds. The van der Waals surface area contributed by atoms with Gasteiger partial charge in [0.2, 0.25) is 0 Å². The molecule has 0 aromatic heterocycles. The van der Waals surface area contributed by atoms with E-state index >= 15 is 0 Å². The van der Waals surface area contributed by atoms with Gasteiger partial charge >= 0.3 is 0 Å². The first-order valence-electron chi connectivity index (χ1n) is 8.67. The molecule has 4 nitrogen and oxygen atoms in total. The van der Waals surface area contributed by atoms with Crippen LogP contribution in [0.5, 0.6) is 0 Å². The van der Waals surface area contributed by atoms with Crippen LogP contribution < -0.4 is 10.2 Å². The van der Waals surface area contributed by atoms with Crippen LogP contribution in [0.4, 0.5) is 11.4 Å². The maximum atomic E-state index is 13.2. The van der Waals surface area contributed by atoms with Gasteiger partial charge in [0.25, 0.3) is 11.8 Å². The predicted octanol–water partition coefficient (Wildman–Crippen LogP) is 5.98. The van der Waals surface area contributed by atoms with Gasteiger partial charge in [-0.15, -0.1) is 0 Å². The molecule has 29 heavy (non-hydrogen) atoms. The lowest BCUT2D eigenvalue weighted by Crippen LogP contribution is -2.32. The highest BCUT2D eigenvalue weighted by molar-refractivity contribution is 8.04. The maximum absolute atomic E-state index is 13.2. The second-order valence-corrected chi connectivity index (χ2v) is 8.08. The molecule has 1 heterocycles. The van der Waals surface area contributed by atoms with Crippen LogP contribution in [0.1, 0.15) is 0 Å². The average molecular weight is 441 g/mol. The standard InChI is InChI=1S/C22H14Cl2N2O2S/c23-14-10-12-16(13-11-14)29-20-19(25-15-6-2-1-3-7-15)21(27)26(22(20)28)18-9-5-4-8-17(18)24/h1-13,25H. The first-order chi connectivity index (χ1) is 14.0. The molecule has 0 saturated carbocycles. The van der Waals surface area contributed by atoms with E-state index in [1.807, 2.05) is 30.3 Å². The zero-order valence-corrected chi connectivity index (χ0v) is 17.3. The van der Waals surface area contributed by atoms with Crippen LogP contribution >= 0.6 is 35.0 Å². The van der Waals surface area contributed by atoms with Crippen molar-refractivity contribution in [3.8, 4) is 0 Å². The van der Waals surface area contributed by atoms with E-state index in [1.165, 1.54) is 11.8 Å². The van der Waals surface area contributed by atoms with Gasteiger partial charge in [0, 0.05) is 15.6 Å². The summed E-state index contributed by atoms with van der Waals surface area (Å²) < 4.78 is 0. The van der Waals surface area contributed by atoms with Gasteiger partial charge in [-0.2, -0.15) is 0 Å². The Labute approximate surface area is 182 Å². The van der Waals surface area contributed by atoms with Crippen molar-refractivity contribution in [3.05, 3.63) is 99.5 Å². The Morgan fingerprint density at radius 2 is 1.41 bits per heavy atom. The van der Waals surface area contributed by atoms with Crippen molar-refractivity contribution in [2.75, 3.05) is 10.2 Å². The summed E-state index contributed by atoms with van der Waals surface area (Å²) in [4.78, 5) is 28.6. The molecular weight excluding hydrogens is 427 g/mol. The third kappa shape index (κ3) is 4.03. The first-order valence-corrected chi connectivity index (χ1v) is 10.2. The van der Waals surface area contributed by atoms with E-state index in [4.69, 9.17) is 23.2 Å². The summed E-state index contributed by atoms with van der Waals surface area (Å²) in [6.07, 6.45) is 0. The van der Waals surface area contributed by atoms with E-state index in [-0.39, 0.29) is 5.70 Å². The van der Waals surface area contributed by atoms with Crippen molar-refractivity contribution in [2.24, 2.45) is 0 Å². The predicted molar refractivity (Wildman–Crippen MR) is 118 cm³/mol. The molecule has 144 valence electrons. The van der Waals surface area contributed by atoms with Gasteiger partial charge < -0.3 is 5.32 Å². The molecule has 7 heteroatoms. The van der Waals surface area contributed by atoms with Gasteiger partial charge in [0.05, 0.1) is 10.7 Å². The number of halogens is 2. The monoisotopic (exact) mass is 440 g/mol. The van der Waals surface area contributed by atoms with E-state index in [0.717, 1.165) is 9.80 Å². The highest BCUT2D eigenvalue weighted by Gasteiger charge is 2.41. The Morgan fingerprint density at radius 3 is 2.10 bits per heavy atom. The van der Waals surface area contributed by atoms with Crippen molar-refractivity contribution in [1.82, 2.24) is 0 Å². The fraction of sp³-hybridized carbons (Fsp3) is 0. The van der Waals surface area contributed by atoms with Crippen molar-refractivity contribution < 1.29 is 9.59 Å². The highest BCUT2D eigenvalue weighted by Crippen LogP contribution is 2.39. The minimum absolute atomic E-state index is 0.209. The van der Waals surface area contributed by atoms with Crippen molar-refractivity contribution >= 4 is 58.2 Å². The number of amides is 2. The van der Waals surface area contributed by atoms with Crippen LogP contribution in [0.2, 0.25) is 10.0 Å². The average Bonchev–Trinajstić information content (AvgIpc) is 2.95. The molecule has 0 bridgehead atoms. The highest BCUT2D eigenvalue weighted by atomic mass is 35.5. The number of carbonyl (C=O) groups excluding carboxylic acids is 2. The number of imide groups is 1. The number of nitrogens with zero attached hydrogens (tertiary/aromatic N) is 1. The number of hydrogen-bond acceptors (Lipinski definition) is 4. The summed E-state index contributed by atoms with van der Waals surface area (Å²) in [5.41, 5.74) is 1.27. The normalized spacial score (nSPS) is 13.9. The Kier molecular flexibility index (Phi) is 5.62. The first kappa shape index (κ1) is 19.6. The number of carbonyl (C=O) groups is 2. The number of thioether (sulfide) groups is 1. The van der Waals surface area contributed by atoms with Crippen LogP contribution in [0.3, 0.4) is 0 Å². The van der Waals surface area contributed by atoms with Gasteiger partial charge in [-0.05, 0) is 48.5 Å². The number of benzene rings is 3. The van der Waals surface area contributed by atoms with E-state index in [2.05, 4.69) is 5.32 Å². The van der Waals surface area contributed by atoms with Crippen LogP contribution in [-0.2, 0) is 9.59 Å². The molecule has 0 radical (unpaired) electrons. The lowest BCUT2D eigenvalue weighted by Gasteiger charge is -2.16. The summed E-state index contributed by atoms with van der Waals surface area (Å²) in [6.45, 7) is 0. The molecule has 4 rings (SSSR count). The van der Waals surface area contributed by atoms with E-state index < -0.39 is 11.8 Å². The smallest absolute Gasteiger partial charge is 0.283 e.